The van der Waals surface area contributed by atoms with Gasteiger partial charge >= 0.3 is 0 Å². The number of nitrogens with two attached hydrogens (primary N) is 1. The minimum Gasteiger partial charge on any atom is -0.329 e. The van der Waals surface area contributed by atoms with Crippen molar-refractivity contribution in [3.8, 4) is 0 Å². The summed E-state index contributed by atoms with van der Waals surface area (Å²) in [5.41, 5.74) is 5.66. The summed E-state index contributed by atoms with van der Waals surface area (Å²) in [6, 6.07) is 0.436. The van der Waals surface area contributed by atoms with Gasteiger partial charge in [0, 0.05) is 37.5 Å². The van der Waals surface area contributed by atoms with Crippen LogP contribution in [0.1, 0.15) is 26.2 Å². The molecule has 0 aromatic rings. The molecule has 2 aliphatic rings. The number of ketones is 1. The number of hydrogen-bond acceptors (Lipinski definition) is 3. The topological polar surface area (TPSA) is 46.3 Å². The Morgan fingerprint density at radius 3 is 2.50 bits per heavy atom. The number of carbonyl (C=O) groups excluding carboxylic acids is 1. The standard InChI is InChI=1S/C11H20N2O/c1-8(5-12)13-6-9-3-2-4-10(7-13)11(9)14/h8-10H,2-7,12H2,1H3. The normalized spacial score (nSPS) is 35.7. The smallest absolute Gasteiger partial charge is 0.141 e. The lowest BCUT2D eigenvalue weighted by Crippen LogP contribution is -2.53. The minimum absolute atomic E-state index is 0.316. The molecule has 2 rings (SSSR count). The third-order valence-corrected chi connectivity index (χ3v) is 3.78. The summed E-state index contributed by atoms with van der Waals surface area (Å²) >= 11 is 0. The van der Waals surface area contributed by atoms with Gasteiger partial charge in [0.05, 0.1) is 0 Å². The fourth-order valence-corrected chi connectivity index (χ4v) is 2.74. The van der Waals surface area contributed by atoms with E-state index in [-0.39, 0.29) is 0 Å². The van der Waals surface area contributed by atoms with Crippen LogP contribution in [0.15, 0.2) is 0 Å². The first-order valence-corrected chi connectivity index (χ1v) is 5.70. The Labute approximate surface area is 85.6 Å². The molecular weight excluding hydrogens is 176 g/mol. The molecule has 0 spiro atoms. The number of carbonyl (C=O) groups is 1. The molecule has 2 fully saturated rings. The summed E-state index contributed by atoms with van der Waals surface area (Å²) < 4.78 is 0. The SMILES string of the molecule is CC(CN)N1CC2CCCC(C1)C2=O. The maximum atomic E-state index is 11.8. The lowest BCUT2D eigenvalue weighted by atomic mass is 9.76. The van der Waals surface area contributed by atoms with E-state index in [4.69, 9.17) is 5.73 Å². The van der Waals surface area contributed by atoms with Gasteiger partial charge in [-0.15, -0.1) is 0 Å². The average Bonchev–Trinajstić information content (AvgIpc) is 2.16. The Morgan fingerprint density at radius 1 is 1.43 bits per heavy atom. The number of hydrogen-bond donors (Lipinski definition) is 1. The average molecular weight is 196 g/mol. The summed E-state index contributed by atoms with van der Waals surface area (Å²) in [4.78, 5) is 14.2. The molecule has 1 saturated heterocycles. The van der Waals surface area contributed by atoms with Crippen molar-refractivity contribution < 1.29 is 4.79 Å². The molecule has 2 bridgehead atoms. The zero-order valence-electron chi connectivity index (χ0n) is 8.91. The lowest BCUT2D eigenvalue weighted by molar-refractivity contribution is -0.135. The van der Waals surface area contributed by atoms with E-state index < -0.39 is 0 Å². The molecule has 14 heavy (non-hydrogen) atoms. The Hall–Kier alpha value is -0.410. The maximum Gasteiger partial charge on any atom is 0.141 e. The summed E-state index contributed by atoms with van der Waals surface area (Å²) in [5, 5.41) is 0. The van der Waals surface area contributed by atoms with Crippen molar-refractivity contribution in [2.75, 3.05) is 19.6 Å². The van der Waals surface area contributed by atoms with Gasteiger partial charge in [0.2, 0.25) is 0 Å². The van der Waals surface area contributed by atoms with Crippen molar-refractivity contribution in [2.24, 2.45) is 17.6 Å². The predicted molar refractivity (Wildman–Crippen MR) is 55.9 cm³/mol. The van der Waals surface area contributed by atoms with Crippen LogP contribution < -0.4 is 5.73 Å². The van der Waals surface area contributed by atoms with Crippen LogP contribution >= 0.6 is 0 Å². The second kappa shape index (κ2) is 3.99. The quantitative estimate of drug-likeness (QED) is 0.705. The zero-order chi connectivity index (χ0) is 10.1. The number of Topliss-reactive ketones (excluding diaryl/α,β-unsaturated/α-hetero) is 1. The summed E-state index contributed by atoms with van der Waals surface area (Å²) in [7, 11) is 0. The molecule has 3 unspecified atom stereocenters. The van der Waals surface area contributed by atoms with Gasteiger partial charge in [0.1, 0.15) is 5.78 Å². The van der Waals surface area contributed by atoms with Gasteiger partial charge in [-0.2, -0.15) is 0 Å². The fourth-order valence-electron chi connectivity index (χ4n) is 2.74. The van der Waals surface area contributed by atoms with Crippen LogP contribution in [-0.2, 0) is 4.79 Å². The Kier molecular flexibility index (Phi) is 2.88. The van der Waals surface area contributed by atoms with Crippen molar-refractivity contribution in [1.82, 2.24) is 4.90 Å². The number of fused-ring (bicyclic) bond motifs is 2. The number of piperidine rings is 1. The molecule has 1 aliphatic carbocycles. The van der Waals surface area contributed by atoms with E-state index in [1.165, 1.54) is 6.42 Å². The van der Waals surface area contributed by atoms with E-state index in [0.717, 1.165) is 25.9 Å². The van der Waals surface area contributed by atoms with E-state index >= 15 is 0 Å². The zero-order valence-corrected chi connectivity index (χ0v) is 8.91. The predicted octanol–water partition coefficient (Wildman–Crippen LogP) is 0.635. The molecule has 0 aromatic carbocycles. The van der Waals surface area contributed by atoms with E-state index in [0.29, 0.717) is 30.2 Å². The molecule has 0 radical (unpaired) electrons. The third-order valence-electron chi connectivity index (χ3n) is 3.78. The summed E-state index contributed by atoms with van der Waals surface area (Å²) in [5.74, 6) is 1.16. The molecule has 80 valence electrons. The molecular formula is C11H20N2O. The van der Waals surface area contributed by atoms with E-state index in [9.17, 15) is 4.79 Å². The van der Waals surface area contributed by atoms with Crippen LogP contribution in [-0.4, -0.2) is 36.4 Å². The van der Waals surface area contributed by atoms with E-state index in [2.05, 4.69) is 11.8 Å². The molecule has 0 aromatic heterocycles. The monoisotopic (exact) mass is 196 g/mol. The summed E-state index contributed by atoms with van der Waals surface area (Å²) in [6.07, 6.45) is 3.44. The van der Waals surface area contributed by atoms with Crippen molar-refractivity contribution in [1.29, 1.82) is 0 Å². The molecule has 3 heteroatoms. The largest absolute Gasteiger partial charge is 0.329 e. The first kappa shape index (κ1) is 10.1. The van der Waals surface area contributed by atoms with Gasteiger partial charge in [-0.25, -0.2) is 0 Å². The highest BCUT2D eigenvalue weighted by atomic mass is 16.1. The van der Waals surface area contributed by atoms with Crippen LogP contribution in [0.3, 0.4) is 0 Å². The van der Waals surface area contributed by atoms with Gasteiger partial charge in [-0.05, 0) is 19.8 Å². The van der Waals surface area contributed by atoms with Gasteiger partial charge in [-0.1, -0.05) is 6.42 Å². The number of likely N-dealkylation sites (tertiary alicyclic amines) is 1. The van der Waals surface area contributed by atoms with Crippen molar-refractivity contribution >= 4 is 5.78 Å². The Bertz CT molecular complexity index is 213. The van der Waals surface area contributed by atoms with Gasteiger partial charge in [0.25, 0.3) is 0 Å². The van der Waals surface area contributed by atoms with Crippen LogP contribution in [0, 0.1) is 11.8 Å². The van der Waals surface area contributed by atoms with Crippen molar-refractivity contribution in [2.45, 2.75) is 32.2 Å². The van der Waals surface area contributed by atoms with Crippen LogP contribution in [0.4, 0.5) is 0 Å². The second-order valence-electron chi connectivity index (χ2n) is 4.77. The van der Waals surface area contributed by atoms with Crippen LogP contribution in [0.25, 0.3) is 0 Å². The first-order valence-electron chi connectivity index (χ1n) is 5.70. The molecule has 3 atom stereocenters. The Morgan fingerprint density at radius 2 is 2.00 bits per heavy atom. The molecule has 1 heterocycles. The molecule has 2 N–H and O–H groups in total. The summed E-state index contributed by atoms with van der Waals surface area (Å²) in [6.45, 7) is 4.76. The lowest BCUT2D eigenvalue weighted by Gasteiger charge is -2.42. The van der Waals surface area contributed by atoms with Crippen molar-refractivity contribution in [3.63, 3.8) is 0 Å². The first-order chi connectivity index (χ1) is 6.72. The highest BCUT2D eigenvalue weighted by Gasteiger charge is 2.38. The van der Waals surface area contributed by atoms with Crippen LogP contribution in [0.2, 0.25) is 0 Å². The molecule has 0 amide bonds. The van der Waals surface area contributed by atoms with Gasteiger partial charge < -0.3 is 5.73 Å². The van der Waals surface area contributed by atoms with Crippen molar-refractivity contribution in [3.05, 3.63) is 0 Å². The van der Waals surface area contributed by atoms with Crippen LogP contribution in [0.5, 0.6) is 0 Å². The minimum atomic E-state index is 0.316. The van der Waals surface area contributed by atoms with E-state index in [1.807, 2.05) is 0 Å². The Balaban J connectivity index is 2.03. The number of rotatable bonds is 2. The van der Waals surface area contributed by atoms with Gasteiger partial charge in [0.15, 0.2) is 0 Å². The third kappa shape index (κ3) is 1.71. The molecule has 3 nitrogen and oxygen atoms in total. The van der Waals surface area contributed by atoms with E-state index in [1.54, 1.807) is 0 Å². The fraction of sp³-hybridized carbons (Fsp3) is 0.909. The maximum absolute atomic E-state index is 11.8. The second-order valence-corrected chi connectivity index (χ2v) is 4.77. The number of nitrogens with zero attached hydrogens (tertiary/aromatic N) is 1. The highest BCUT2D eigenvalue weighted by Crippen LogP contribution is 2.32. The molecule has 1 aliphatic heterocycles. The highest BCUT2D eigenvalue weighted by molar-refractivity contribution is 5.85. The molecule has 1 saturated carbocycles. The van der Waals surface area contributed by atoms with Gasteiger partial charge in [-0.3, -0.25) is 9.69 Å².